The Morgan fingerprint density at radius 3 is 2.56 bits per heavy atom. The minimum absolute atomic E-state index is 0.0211. The molecule has 1 heterocycles. The van der Waals surface area contributed by atoms with Crippen molar-refractivity contribution in [1.82, 2.24) is 9.88 Å². The Morgan fingerprint density at radius 1 is 1.44 bits per heavy atom. The van der Waals surface area contributed by atoms with Crippen LogP contribution in [0.2, 0.25) is 10.0 Å². The van der Waals surface area contributed by atoms with Crippen LogP contribution in [0.1, 0.15) is 20.8 Å². The van der Waals surface area contributed by atoms with Gasteiger partial charge in [-0.25, -0.2) is 4.98 Å². The van der Waals surface area contributed by atoms with E-state index in [0.717, 1.165) is 0 Å². The van der Waals surface area contributed by atoms with Crippen LogP contribution in [-0.4, -0.2) is 34.9 Å². The topological polar surface area (TPSA) is 45.2 Å². The lowest BCUT2D eigenvalue weighted by Crippen LogP contribution is -2.41. The Bertz CT molecular complexity index is 422. The highest BCUT2D eigenvalue weighted by atomic mass is 35.5. The van der Waals surface area contributed by atoms with E-state index in [4.69, 9.17) is 23.2 Å². The molecule has 0 fully saturated rings. The molecule has 1 rings (SSSR count). The van der Waals surface area contributed by atoms with E-state index in [-0.39, 0.29) is 11.9 Å². The van der Waals surface area contributed by atoms with Crippen molar-refractivity contribution in [2.75, 3.05) is 18.4 Å². The van der Waals surface area contributed by atoms with Crippen molar-refractivity contribution in [3.8, 4) is 0 Å². The summed E-state index contributed by atoms with van der Waals surface area (Å²) in [5.74, 6) is 0.488. The van der Waals surface area contributed by atoms with Gasteiger partial charge in [-0.1, -0.05) is 23.2 Å². The number of anilines is 1. The predicted molar refractivity (Wildman–Crippen MR) is 75.3 cm³/mol. The van der Waals surface area contributed by atoms with E-state index in [1.807, 2.05) is 13.8 Å². The second-order valence-electron chi connectivity index (χ2n) is 3.86. The van der Waals surface area contributed by atoms with Crippen molar-refractivity contribution in [3.63, 3.8) is 0 Å². The van der Waals surface area contributed by atoms with Crippen molar-refractivity contribution >= 4 is 34.9 Å². The van der Waals surface area contributed by atoms with Gasteiger partial charge in [-0.2, -0.15) is 0 Å². The number of hydrogen-bond acceptors (Lipinski definition) is 3. The molecule has 0 saturated carbocycles. The molecule has 100 valence electrons. The molecule has 1 unspecified atom stereocenters. The third-order valence-corrected chi connectivity index (χ3v) is 3.10. The number of likely N-dealkylation sites (N-methyl/N-ethyl adjacent to an activating group) is 1. The van der Waals surface area contributed by atoms with Crippen molar-refractivity contribution in [2.45, 2.75) is 26.8 Å². The first-order chi connectivity index (χ1) is 8.49. The maximum atomic E-state index is 12.1. The van der Waals surface area contributed by atoms with Gasteiger partial charge in [0.15, 0.2) is 0 Å². The summed E-state index contributed by atoms with van der Waals surface area (Å²) in [4.78, 5) is 17.9. The molecule has 1 aromatic heterocycles. The van der Waals surface area contributed by atoms with E-state index in [1.165, 1.54) is 6.20 Å². The number of amides is 1. The first-order valence-corrected chi connectivity index (χ1v) is 6.61. The largest absolute Gasteiger partial charge is 0.357 e. The highest BCUT2D eigenvalue weighted by molar-refractivity contribution is 6.36. The van der Waals surface area contributed by atoms with E-state index >= 15 is 0 Å². The second-order valence-corrected chi connectivity index (χ2v) is 4.70. The minimum Gasteiger partial charge on any atom is -0.357 e. The fraction of sp³-hybridized carbons (Fsp3) is 0.500. The molecule has 6 heteroatoms. The average molecular weight is 290 g/mol. The molecule has 1 N–H and O–H groups in total. The van der Waals surface area contributed by atoms with Crippen molar-refractivity contribution in [2.24, 2.45) is 0 Å². The van der Waals surface area contributed by atoms with Crippen LogP contribution in [0.25, 0.3) is 0 Å². The maximum absolute atomic E-state index is 12.1. The van der Waals surface area contributed by atoms with Gasteiger partial charge in [0.2, 0.25) is 5.91 Å². The molecule has 1 aromatic rings. The summed E-state index contributed by atoms with van der Waals surface area (Å²) in [6, 6.07) is 1.21. The number of aromatic nitrogens is 1. The second kappa shape index (κ2) is 6.81. The normalized spacial score (nSPS) is 12.1. The van der Waals surface area contributed by atoms with Crippen LogP contribution in [0.4, 0.5) is 5.82 Å². The smallest absolute Gasteiger partial charge is 0.244 e. The Balaban J connectivity index is 2.75. The number of halogens is 2. The van der Waals surface area contributed by atoms with Crippen LogP contribution >= 0.6 is 23.2 Å². The number of carbonyl (C=O) groups is 1. The number of hydrogen-bond donors (Lipinski definition) is 1. The predicted octanol–water partition coefficient (Wildman–Crippen LogP) is 3.06. The Morgan fingerprint density at radius 2 is 2.06 bits per heavy atom. The molecular formula is C12H17Cl2N3O. The SMILES string of the molecule is CCN(CC)C(=O)C(C)Nc1ncc(Cl)cc1Cl. The standard InChI is InChI=1S/C12H17Cl2N3O/c1-4-17(5-2)12(18)8(3)16-11-10(14)6-9(13)7-15-11/h6-8H,4-5H2,1-3H3,(H,15,16). The lowest BCUT2D eigenvalue weighted by atomic mass is 10.2. The van der Waals surface area contributed by atoms with Crippen LogP contribution in [0.15, 0.2) is 12.3 Å². The number of rotatable bonds is 5. The van der Waals surface area contributed by atoms with Gasteiger partial charge in [0, 0.05) is 19.3 Å². The summed E-state index contributed by atoms with van der Waals surface area (Å²) in [6.07, 6.45) is 1.49. The Labute approximate surface area is 117 Å². The van der Waals surface area contributed by atoms with Crippen LogP contribution in [0, 0.1) is 0 Å². The molecule has 0 saturated heterocycles. The summed E-state index contributed by atoms with van der Waals surface area (Å²) in [7, 11) is 0. The van der Waals surface area contributed by atoms with Gasteiger partial charge < -0.3 is 10.2 Å². The molecule has 1 atom stereocenters. The first-order valence-electron chi connectivity index (χ1n) is 5.85. The third kappa shape index (κ3) is 3.75. The zero-order valence-corrected chi connectivity index (χ0v) is 12.2. The van der Waals surface area contributed by atoms with Gasteiger partial charge >= 0.3 is 0 Å². The molecular weight excluding hydrogens is 273 g/mol. The zero-order valence-electron chi connectivity index (χ0n) is 10.7. The number of carbonyl (C=O) groups excluding carboxylic acids is 1. The summed E-state index contributed by atoms with van der Waals surface area (Å²) in [5, 5.41) is 3.86. The van der Waals surface area contributed by atoms with Gasteiger partial charge in [0.1, 0.15) is 11.9 Å². The monoisotopic (exact) mass is 289 g/mol. The molecule has 0 aromatic carbocycles. The van der Waals surface area contributed by atoms with Gasteiger partial charge in [-0.3, -0.25) is 4.79 Å². The Hall–Kier alpha value is -1.000. The molecule has 0 bridgehead atoms. The first kappa shape index (κ1) is 15.1. The molecule has 1 amide bonds. The van der Waals surface area contributed by atoms with Crippen LogP contribution < -0.4 is 5.32 Å². The van der Waals surface area contributed by atoms with Crippen LogP contribution in [0.5, 0.6) is 0 Å². The van der Waals surface area contributed by atoms with E-state index in [0.29, 0.717) is 29.0 Å². The number of nitrogens with zero attached hydrogens (tertiary/aromatic N) is 2. The fourth-order valence-corrected chi connectivity index (χ4v) is 2.03. The fourth-order valence-electron chi connectivity index (χ4n) is 1.60. The molecule has 18 heavy (non-hydrogen) atoms. The molecule has 0 aliphatic heterocycles. The lowest BCUT2D eigenvalue weighted by molar-refractivity contribution is -0.131. The highest BCUT2D eigenvalue weighted by Crippen LogP contribution is 2.23. The van der Waals surface area contributed by atoms with E-state index in [1.54, 1.807) is 17.9 Å². The lowest BCUT2D eigenvalue weighted by Gasteiger charge is -2.24. The summed E-state index contributed by atoms with van der Waals surface area (Å²) in [5.41, 5.74) is 0. The van der Waals surface area contributed by atoms with Gasteiger partial charge in [-0.05, 0) is 26.8 Å². The van der Waals surface area contributed by atoms with E-state index < -0.39 is 0 Å². The van der Waals surface area contributed by atoms with Crippen LogP contribution in [0.3, 0.4) is 0 Å². The highest BCUT2D eigenvalue weighted by Gasteiger charge is 2.19. The molecule has 4 nitrogen and oxygen atoms in total. The van der Waals surface area contributed by atoms with Crippen LogP contribution in [-0.2, 0) is 4.79 Å². The minimum atomic E-state index is -0.379. The average Bonchev–Trinajstić information content (AvgIpc) is 2.34. The van der Waals surface area contributed by atoms with Crippen molar-refractivity contribution < 1.29 is 4.79 Å². The third-order valence-electron chi connectivity index (χ3n) is 2.61. The molecule has 0 radical (unpaired) electrons. The van der Waals surface area contributed by atoms with E-state index in [9.17, 15) is 4.79 Å². The summed E-state index contributed by atoms with van der Waals surface area (Å²) in [6.45, 7) is 7.04. The molecule has 0 aliphatic rings. The van der Waals surface area contributed by atoms with Crippen molar-refractivity contribution in [1.29, 1.82) is 0 Å². The zero-order chi connectivity index (χ0) is 13.7. The van der Waals surface area contributed by atoms with E-state index in [2.05, 4.69) is 10.3 Å². The van der Waals surface area contributed by atoms with Gasteiger partial charge in [0.25, 0.3) is 0 Å². The Kier molecular flexibility index (Phi) is 5.69. The van der Waals surface area contributed by atoms with Crippen molar-refractivity contribution in [3.05, 3.63) is 22.3 Å². The van der Waals surface area contributed by atoms with Gasteiger partial charge in [-0.15, -0.1) is 0 Å². The summed E-state index contributed by atoms with van der Waals surface area (Å²) >= 11 is 11.8. The summed E-state index contributed by atoms with van der Waals surface area (Å²) < 4.78 is 0. The molecule has 0 spiro atoms. The quantitative estimate of drug-likeness (QED) is 0.906. The maximum Gasteiger partial charge on any atom is 0.244 e. The number of nitrogens with one attached hydrogen (secondary N) is 1. The number of pyridine rings is 1. The van der Waals surface area contributed by atoms with Gasteiger partial charge in [0.05, 0.1) is 10.0 Å². The molecule has 0 aliphatic carbocycles.